The molecule has 0 aliphatic heterocycles. The lowest BCUT2D eigenvalue weighted by Crippen LogP contribution is -2.01. The van der Waals surface area contributed by atoms with Crippen LogP contribution in [0.4, 0.5) is 17.6 Å². The maximum Gasteiger partial charge on any atom is 0.268 e. The van der Waals surface area contributed by atoms with E-state index in [0.717, 1.165) is 6.07 Å². The molecule has 0 saturated heterocycles. The Morgan fingerprint density at radius 2 is 1.92 bits per heavy atom. The molecule has 0 aliphatic carbocycles. The molecule has 0 atom stereocenters. The highest BCUT2D eigenvalue weighted by Gasteiger charge is 2.17. The first kappa shape index (κ1) is 10.4. The summed E-state index contributed by atoms with van der Waals surface area (Å²) in [7, 11) is 0. The van der Waals surface area contributed by atoms with Crippen molar-refractivity contribution < 1.29 is 17.6 Å². The summed E-state index contributed by atoms with van der Waals surface area (Å²) in [4.78, 5) is 2.72. The largest absolute Gasteiger partial charge is 0.268 e. The second-order valence-electron chi connectivity index (χ2n) is 2.25. The summed E-state index contributed by atoms with van der Waals surface area (Å²) in [5.74, 6) is -2.53. The molecule has 13 heavy (non-hydrogen) atoms. The van der Waals surface area contributed by atoms with Crippen LogP contribution < -0.4 is 0 Å². The number of hydrogen-bond acceptors (Lipinski definition) is 1. The molecule has 0 radical (unpaired) electrons. The third-order valence-electron chi connectivity index (χ3n) is 1.41. The summed E-state index contributed by atoms with van der Waals surface area (Å²) < 4.78 is 49.4. The van der Waals surface area contributed by atoms with Gasteiger partial charge in [0.15, 0.2) is 0 Å². The van der Waals surface area contributed by atoms with E-state index in [4.69, 9.17) is 0 Å². The topological polar surface area (TPSA) is 12.9 Å². The molecule has 1 nitrogen and oxygen atoms in total. The zero-order chi connectivity index (χ0) is 10.0. The highest BCUT2D eigenvalue weighted by Crippen LogP contribution is 2.23. The first-order chi connectivity index (χ1) is 6.06. The molecule has 0 amide bonds. The minimum atomic E-state index is -2.98. The number of nitrogens with zero attached hydrogens (tertiary/aromatic N) is 1. The van der Waals surface area contributed by atoms with Crippen LogP contribution in [0.2, 0.25) is 0 Å². The third kappa shape index (κ3) is 2.18. The third-order valence-corrected chi connectivity index (χ3v) is 2.01. The average molecular weight is 258 g/mol. The van der Waals surface area contributed by atoms with Gasteiger partial charge in [-0.2, -0.15) is 13.8 Å². The van der Waals surface area contributed by atoms with E-state index < -0.39 is 23.9 Å². The van der Waals surface area contributed by atoms with Gasteiger partial charge in [-0.15, -0.1) is 0 Å². The van der Waals surface area contributed by atoms with E-state index in [-0.39, 0.29) is 10.9 Å². The zero-order valence-corrected chi connectivity index (χ0v) is 7.78. The molecule has 0 aliphatic rings. The van der Waals surface area contributed by atoms with Crippen molar-refractivity contribution in [2.75, 3.05) is 0 Å². The fraction of sp³-hybridized carbons (Fsp3) is 0.286. The highest BCUT2D eigenvalue weighted by atomic mass is 79.9. The smallest absolute Gasteiger partial charge is 0.205 e. The zero-order valence-electron chi connectivity index (χ0n) is 6.20. The van der Waals surface area contributed by atoms with E-state index in [2.05, 4.69) is 20.9 Å². The molecule has 0 unspecified atom stereocenters. The van der Waals surface area contributed by atoms with Gasteiger partial charge in [0.1, 0.15) is 0 Å². The quantitative estimate of drug-likeness (QED) is 0.451. The number of alkyl halides is 3. The molecule has 0 N–H and O–H groups in total. The minimum absolute atomic E-state index is 0.0197. The Kier molecular flexibility index (Phi) is 3.24. The Balaban J connectivity index is 3.22. The lowest BCUT2D eigenvalue weighted by Gasteiger charge is -2.03. The monoisotopic (exact) mass is 257 g/mol. The Bertz CT molecular complexity index is 316. The molecule has 1 aromatic heterocycles. The average Bonchev–Trinajstić information content (AvgIpc) is 2.03. The minimum Gasteiger partial charge on any atom is -0.205 e. The van der Waals surface area contributed by atoms with Gasteiger partial charge in [0.2, 0.25) is 11.9 Å². The van der Waals surface area contributed by atoms with Crippen molar-refractivity contribution in [2.24, 2.45) is 0 Å². The van der Waals surface area contributed by atoms with Crippen LogP contribution in [-0.4, -0.2) is 4.98 Å². The fourth-order valence-corrected chi connectivity index (χ4v) is 1.17. The van der Waals surface area contributed by atoms with Gasteiger partial charge < -0.3 is 0 Å². The van der Waals surface area contributed by atoms with E-state index in [0.29, 0.717) is 0 Å². The molecular formula is C7H4BrF4N. The lowest BCUT2D eigenvalue weighted by atomic mass is 10.2. The molecular weight excluding hydrogens is 254 g/mol. The Morgan fingerprint density at radius 1 is 1.31 bits per heavy atom. The Hall–Kier alpha value is -0.650. The number of aromatic nitrogens is 1. The fourth-order valence-electron chi connectivity index (χ4n) is 0.776. The summed E-state index contributed by atoms with van der Waals surface area (Å²) in [5.41, 5.74) is -0.965. The second-order valence-corrected chi connectivity index (χ2v) is 2.81. The summed E-state index contributed by atoms with van der Waals surface area (Å²) in [6.45, 7) is 0. The van der Waals surface area contributed by atoms with E-state index >= 15 is 0 Å². The van der Waals surface area contributed by atoms with E-state index in [1.165, 1.54) is 0 Å². The van der Waals surface area contributed by atoms with Crippen LogP contribution in [0.3, 0.4) is 0 Å². The maximum atomic E-state index is 12.7. The Morgan fingerprint density at radius 3 is 2.38 bits per heavy atom. The lowest BCUT2D eigenvalue weighted by molar-refractivity contribution is 0.144. The van der Waals surface area contributed by atoms with E-state index in [9.17, 15) is 17.6 Å². The summed E-state index contributed by atoms with van der Waals surface area (Å²) >= 11 is 2.87. The first-order valence-electron chi connectivity index (χ1n) is 3.25. The highest BCUT2D eigenvalue weighted by molar-refractivity contribution is 9.08. The van der Waals surface area contributed by atoms with Crippen LogP contribution in [0.5, 0.6) is 0 Å². The van der Waals surface area contributed by atoms with E-state index in [1.54, 1.807) is 0 Å². The van der Waals surface area contributed by atoms with Crippen molar-refractivity contribution in [3.8, 4) is 0 Å². The molecule has 1 rings (SSSR count). The molecule has 0 aromatic carbocycles. The predicted octanol–water partition coefficient (Wildman–Crippen LogP) is 3.19. The molecule has 1 heterocycles. The molecule has 6 heteroatoms. The number of hydrogen-bond donors (Lipinski definition) is 0. The molecule has 0 spiro atoms. The normalized spacial score (nSPS) is 10.9. The number of pyridine rings is 1. The van der Waals surface area contributed by atoms with Gasteiger partial charge in [0.05, 0.1) is 5.56 Å². The van der Waals surface area contributed by atoms with Gasteiger partial charge in [0, 0.05) is 10.9 Å². The van der Waals surface area contributed by atoms with Crippen LogP contribution in [0.1, 0.15) is 17.6 Å². The van der Waals surface area contributed by atoms with Gasteiger partial charge >= 0.3 is 0 Å². The van der Waals surface area contributed by atoms with Crippen LogP contribution >= 0.6 is 15.9 Å². The van der Waals surface area contributed by atoms with Gasteiger partial charge in [-0.05, 0) is 6.07 Å². The van der Waals surface area contributed by atoms with Crippen LogP contribution in [0.25, 0.3) is 0 Å². The first-order valence-corrected chi connectivity index (χ1v) is 4.37. The predicted molar refractivity (Wildman–Crippen MR) is 41.7 cm³/mol. The second kappa shape index (κ2) is 4.04. The van der Waals surface area contributed by atoms with Crippen molar-refractivity contribution in [3.63, 3.8) is 0 Å². The number of halogens is 5. The van der Waals surface area contributed by atoms with E-state index in [1.807, 2.05) is 0 Å². The van der Waals surface area contributed by atoms with Crippen molar-refractivity contribution in [1.82, 2.24) is 4.98 Å². The van der Waals surface area contributed by atoms with Crippen LogP contribution in [0, 0.1) is 11.9 Å². The molecule has 0 saturated carbocycles. The molecule has 0 fully saturated rings. The van der Waals surface area contributed by atoms with Crippen molar-refractivity contribution >= 4 is 15.9 Å². The summed E-state index contributed by atoms with van der Waals surface area (Å²) in [5, 5.41) is 0.0197. The standard InChI is InChI=1S/C7H4BrF4N/c8-2-3-1-4(5(9)10)7(12)13-6(3)11/h1,5H,2H2. The molecule has 1 aromatic rings. The van der Waals surface area contributed by atoms with Crippen molar-refractivity contribution in [3.05, 3.63) is 29.1 Å². The van der Waals surface area contributed by atoms with Gasteiger partial charge in [-0.3, -0.25) is 0 Å². The van der Waals surface area contributed by atoms with Crippen molar-refractivity contribution in [2.45, 2.75) is 11.8 Å². The van der Waals surface area contributed by atoms with Gasteiger partial charge in [-0.25, -0.2) is 8.78 Å². The molecule has 0 bridgehead atoms. The van der Waals surface area contributed by atoms with Crippen LogP contribution in [-0.2, 0) is 5.33 Å². The summed E-state index contributed by atoms with van der Waals surface area (Å²) in [6, 6.07) is 0.761. The van der Waals surface area contributed by atoms with Crippen LogP contribution in [0.15, 0.2) is 6.07 Å². The SMILES string of the molecule is Fc1nc(F)c(C(F)F)cc1CBr. The maximum absolute atomic E-state index is 12.7. The Labute approximate surface area is 79.9 Å². The summed E-state index contributed by atoms with van der Waals surface area (Å²) in [6.07, 6.45) is -2.98. The van der Waals surface area contributed by atoms with Crippen molar-refractivity contribution in [1.29, 1.82) is 0 Å². The van der Waals surface area contributed by atoms with Gasteiger partial charge in [0.25, 0.3) is 6.43 Å². The molecule has 72 valence electrons. The van der Waals surface area contributed by atoms with Gasteiger partial charge in [-0.1, -0.05) is 15.9 Å². The number of rotatable bonds is 2.